The van der Waals surface area contributed by atoms with Crippen LogP contribution in [0.4, 0.5) is 0 Å². The van der Waals surface area contributed by atoms with Gasteiger partial charge in [-0.15, -0.1) is 0 Å². The first-order valence-electron chi connectivity index (χ1n) is 13.4. The predicted molar refractivity (Wildman–Crippen MR) is 160 cm³/mol. The summed E-state index contributed by atoms with van der Waals surface area (Å²) in [5.41, 5.74) is -1.95. The van der Waals surface area contributed by atoms with Crippen molar-refractivity contribution < 1.29 is 18.2 Å². The molecule has 0 amide bonds. The van der Waals surface area contributed by atoms with E-state index >= 15 is 0 Å². The number of aromatic nitrogens is 2. The summed E-state index contributed by atoms with van der Waals surface area (Å²) in [6, 6.07) is 0. The number of ether oxygens (including phenoxy) is 1. The standard InChI is InChI=1S/C26H43N2O6PS2Si/c1-16(2)18-10-11-26(7)21(12-18)34-35(36,37-26)33-19-13-22(28-14-17(3)23(29)27-24(28)30)32-20(19)15-31-38(8,9)25(4,5)6/h14,18-22H,1,10-13,15H2,2-9H3,(H,27,29,30)/t18-,19+,20-,21+,22-,26+,35+/m1/s1. The molecule has 7 atom stereocenters. The maximum atomic E-state index is 12.7. The molecule has 3 aliphatic rings. The largest absolute Gasteiger partial charge is 0.414 e. The van der Waals surface area contributed by atoms with Crippen molar-refractivity contribution in [2.75, 3.05) is 6.61 Å². The second kappa shape index (κ2) is 10.7. The summed E-state index contributed by atoms with van der Waals surface area (Å²) in [6.07, 6.45) is 3.57. The Morgan fingerprint density at radius 3 is 2.68 bits per heavy atom. The van der Waals surface area contributed by atoms with Crippen LogP contribution in [0.2, 0.25) is 18.1 Å². The first-order chi connectivity index (χ1) is 17.4. The van der Waals surface area contributed by atoms with Gasteiger partial charge >= 0.3 is 5.69 Å². The van der Waals surface area contributed by atoms with E-state index in [-0.39, 0.29) is 15.9 Å². The molecule has 0 bridgehead atoms. The molecule has 1 aromatic heterocycles. The molecule has 0 unspecified atom stereocenters. The molecule has 0 spiro atoms. The van der Waals surface area contributed by atoms with Crippen molar-refractivity contribution in [1.82, 2.24) is 9.55 Å². The molecule has 8 nitrogen and oxygen atoms in total. The summed E-state index contributed by atoms with van der Waals surface area (Å²) in [4.78, 5) is 27.0. The van der Waals surface area contributed by atoms with Gasteiger partial charge in [-0.2, -0.15) is 0 Å². The maximum Gasteiger partial charge on any atom is 0.330 e. The highest BCUT2D eigenvalue weighted by Crippen LogP contribution is 2.76. The van der Waals surface area contributed by atoms with Gasteiger partial charge in [0.05, 0.1) is 18.8 Å². The molecule has 1 aliphatic carbocycles. The fraction of sp³-hybridized carbons (Fsp3) is 0.769. The molecule has 2 aliphatic heterocycles. The van der Waals surface area contributed by atoms with Gasteiger partial charge in [0.2, 0.25) is 5.69 Å². The summed E-state index contributed by atoms with van der Waals surface area (Å²) in [7, 11) is -2.06. The summed E-state index contributed by atoms with van der Waals surface area (Å²) < 4.78 is 27.5. The highest BCUT2D eigenvalue weighted by Gasteiger charge is 2.55. The lowest BCUT2D eigenvalue weighted by molar-refractivity contribution is -0.0400. The highest BCUT2D eigenvalue weighted by molar-refractivity contribution is 8.68. The molecule has 3 fully saturated rings. The minimum absolute atomic E-state index is 0.0262. The first-order valence-corrected chi connectivity index (χ1v) is 20.3. The Bertz CT molecular complexity index is 1240. The molecular formula is C26H43N2O6PS2Si. The van der Waals surface area contributed by atoms with Crippen molar-refractivity contribution in [3.05, 3.63) is 44.8 Å². The molecule has 12 heteroatoms. The van der Waals surface area contributed by atoms with Gasteiger partial charge in [-0.1, -0.05) is 44.3 Å². The average molecular weight is 603 g/mol. The normalized spacial score (nSPS) is 35.8. The number of fused-ring (bicyclic) bond motifs is 1. The molecule has 1 saturated carbocycles. The first kappa shape index (κ1) is 30.4. The molecule has 38 heavy (non-hydrogen) atoms. The van der Waals surface area contributed by atoms with E-state index in [4.69, 9.17) is 30.0 Å². The van der Waals surface area contributed by atoms with Crippen LogP contribution in [0.3, 0.4) is 0 Å². The topological polar surface area (TPSA) is 91.8 Å². The highest BCUT2D eigenvalue weighted by atomic mass is 32.9. The minimum Gasteiger partial charge on any atom is -0.414 e. The molecule has 0 aromatic carbocycles. The number of allylic oxidation sites excluding steroid dienone is 1. The van der Waals surface area contributed by atoms with Gasteiger partial charge in [0.1, 0.15) is 12.3 Å². The Labute approximate surface area is 236 Å². The zero-order valence-electron chi connectivity index (χ0n) is 23.9. The van der Waals surface area contributed by atoms with Gasteiger partial charge in [0, 0.05) is 22.9 Å². The quantitative estimate of drug-likeness (QED) is 0.230. The molecule has 2 saturated heterocycles. The molecule has 3 heterocycles. The lowest BCUT2D eigenvalue weighted by Gasteiger charge is -2.37. The number of aromatic amines is 1. The lowest BCUT2D eigenvalue weighted by Crippen LogP contribution is -2.44. The van der Waals surface area contributed by atoms with Crippen molar-refractivity contribution in [3.63, 3.8) is 0 Å². The summed E-state index contributed by atoms with van der Waals surface area (Å²) in [5.74, 6) is 0.440. The van der Waals surface area contributed by atoms with Crippen LogP contribution in [0.5, 0.6) is 0 Å². The second-order valence-corrected chi connectivity index (χ2v) is 24.2. The van der Waals surface area contributed by atoms with Crippen LogP contribution in [0.1, 0.15) is 72.1 Å². The maximum absolute atomic E-state index is 12.7. The van der Waals surface area contributed by atoms with E-state index in [2.05, 4.69) is 59.3 Å². The second-order valence-electron chi connectivity index (χ2n) is 12.8. The fourth-order valence-corrected chi connectivity index (χ4v) is 13.7. The van der Waals surface area contributed by atoms with Crippen molar-refractivity contribution >= 4 is 37.2 Å². The van der Waals surface area contributed by atoms with Gasteiger partial charge in [0.25, 0.3) is 5.56 Å². The van der Waals surface area contributed by atoms with Crippen molar-refractivity contribution in [2.45, 2.75) is 115 Å². The summed E-state index contributed by atoms with van der Waals surface area (Å²) in [5, 5.41) is 0.0368. The monoisotopic (exact) mass is 602 g/mol. The van der Waals surface area contributed by atoms with Crippen molar-refractivity contribution in [1.29, 1.82) is 0 Å². The lowest BCUT2D eigenvalue weighted by atomic mass is 9.77. The Hall–Kier alpha value is -0.523. The number of nitrogens with zero attached hydrogens (tertiary/aromatic N) is 1. The number of rotatable bonds is 7. The van der Waals surface area contributed by atoms with Crippen molar-refractivity contribution in [2.24, 2.45) is 5.92 Å². The zero-order valence-corrected chi connectivity index (χ0v) is 27.4. The molecule has 1 N–H and O–H groups in total. The Kier molecular flexibility index (Phi) is 8.58. The van der Waals surface area contributed by atoms with Crippen LogP contribution in [-0.4, -0.2) is 47.5 Å². The summed E-state index contributed by atoms with van der Waals surface area (Å²) >= 11 is 7.77. The SMILES string of the molecule is C=C(C)[C@@H]1CC[C@]2(C)S[P@@](=S)(O[C@H]3C[C@H](n4cc(C)c(=O)[nH]c4=O)O[C@@H]3CO[Si](C)(C)C(C)(C)C)O[C@H]2C1. The van der Waals surface area contributed by atoms with Gasteiger partial charge in [-0.3, -0.25) is 14.3 Å². The van der Waals surface area contributed by atoms with Crippen LogP contribution in [0.15, 0.2) is 27.9 Å². The van der Waals surface area contributed by atoms with E-state index in [0.29, 0.717) is 24.5 Å². The third-order valence-electron chi connectivity index (χ3n) is 8.76. The number of aryl methyl sites for hydroxylation is 1. The average Bonchev–Trinajstić information content (AvgIpc) is 3.29. The minimum atomic E-state index is -2.68. The van der Waals surface area contributed by atoms with E-state index in [0.717, 1.165) is 19.3 Å². The Morgan fingerprint density at radius 2 is 2.05 bits per heavy atom. The van der Waals surface area contributed by atoms with Gasteiger partial charge in [-0.25, -0.2) is 4.79 Å². The zero-order chi connectivity index (χ0) is 28.3. The van der Waals surface area contributed by atoms with Gasteiger partial charge in [-0.05, 0) is 75.9 Å². The van der Waals surface area contributed by atoms with Gasteiger partial charge < -0.3 is 18.2 Å². The van der Waals surface area contributed by atoms with Crippen LogP contribution in [-0.2, 0) is 30.0 Å². The number of hydrogen-bond donors (Lipinski definition) is 1. The number of hydrogen-bond acceptors (Lipinski definition) is 8. The molecular weight excluding hydrogens is 559 g/mol. The van der Waals surface area contributed by atoms with Crippen LogP contribution < -0.4 is 11.2 Å². The van der Waals surface area contributed by atoms with E-state index in [1.165, 1.54) is 10.1 Å². The fourth-order valence-electron chi connectivity index (χ4n) is 5.04. The van der Waals surface area contributed by atoms with Gasteiger partial charge in [0.15, 0.2) is 8.32 Å². The molecule has 4 rings (SSSR count). The van der Waals surface area contributed by atoms with E-state index in [1.807, 2.05) is 0 Å². The summed E-state index contributed by atoms with van der Waals surface area (Å²) in [6.45, 7) is 21.5. The smallest absolute Gasteiger partial charge is 0.330 e. The van der Waals surface area contributed by atoms with Crippen LogP contribution >= 0.6 is 17.1 Å². The Morgan fingerprint density at radius 1 is 1.37 bits per heavy atom. The third-order valence-corrected chi connectivity index (χ3v) is 19.0. The molecule has 214 valence electrons. The van der Waals surface area contributed by atoms with Crippen molar-refractivity contribution in [3.8, 4) is 0 Å². The van der Waals surface area contributed by atoms with E-state index in [9.17, 15) is 9.59 Å². The van der Waals surface area contributed by atoms with E-state index in [1.54, 1.807) is 24.5 Å². The number of H-pyrrole nitrogens is 1. The van der Waals surface area contributed by atoms with Crippen LogP contribution in [0, 0.1) is 12.8 Å². The van der Waals surface area contributed by atoms with Crippen LogP contribution in [0.25, 0.3) is 0 Å². The predicted octanol–water partition coefficient (Wildman–Crippen LogP) is 6.03. The molecule has 0 radical (unpaired) electrons. The third kappa shape index (κ3) is 6.20. The van der Waals surface area contributed by atoms with E-state index < -0.39 is 43.7 Å². The number of nitrogens with one attached hydrogen (secondary N) is 1. The molecule has 1 aromatic rings. The Balaban J connectivity index is 1.57.